The van der Waals surface area contributed by atoms with E-state index in [1.165, 1.54) is 31.4 Å². The largest absolute Gasteiger partial charge is 0.463 e. The van der Waals surface area contributed by atoms with Gasteiger partial charge in [-0.1, -0.05) is 18.2 Å². The summed E-state index contributed by atoms with van der Waals surface area (Å²) in [6.07, 6.45) is 2.65. The summed E-state index contributed by atoms with van der Waals surface area (Å²) < 4.78 is 23.5. The number of methoxy groups -OCH3 is 1. The average molecular weight is 339 g/mol. The van der Waals surface area contributed by atoms with Crippen molar-refractivity contribution >= 4 is 34.6 Å². The number of carbonyl (C=O) groups excluding carboxylic acids is 2. The third-order valence-corrected chi connectivity index (χ3v) is 3.49. The molecule has 6 heteroatoms. The number of fused-ring (bicyclic) bond motifs is 1. The van der Waals surface area contributed by atoms with E-state index < -0.39 is 17.7 Å². The van der Waals surface area contributed by atoms with Crippen LogP contribution in [-0.4, -0.2) is 19.0 Å². The summed E-state index contributed by atoms with van der Waals surface area (Å²) in [5.74, 6) is -1.30. The van der Waals surface area contributed by atoms with Crippen LogP contribution in [0.5, 0.6) is 0 Å². The Balaban J connectivity index is 1.75. The topological polar surface area (TPSA) is 68.5 Å². The van der Waals surface area contributed by atoms with Gasteiger partial charge in [-0.15, -0.1) is 0 Å². The Morgan fingerprint density at radius 1 is 1.16 bits per heavy atom. The van der Waals surface area contributed by atoms with Gasteiger partial charge in [-0.2, -0.15) is 0 Å². The number of ether oxygens (including phenoxy) is 1. The van der Waals surface area contributed by atoms with Crippen molar-refractivity contribution in [2.24, 2.45) is 0 Å². The van der Waals surface area contributed by atoms with Crippen LogP contribution in [0.2, 0.25) is 0 Å². The maximum Gasteiger partial charge on any atom is 0.373 e. The molecule has 0 aliphatic rings. The highest BCUT2D eigenvalue weighted by Crippen LogP contribution is 2.23. The summed E-state index contributed by atoms with van der Waals surface area (Å²) >= 11 is 0. The minimum absolute atomic E-state index is 0.0837. The molecule has 0 unspecified atom stereocenters. The molecule has 1 aromatic heterocycles. The molecule has 1 N–H and O–H groups in total. The van der Waals surface area contributed by atoms with Crippen LogP contribution in [0.25, 0.3) is 17.0 Å². The lowest BCUT2D eigenvalue weighted by Crippen LogP contribution is -2.07. The Bertz CT molecular complexity index is 974. The Labute approximate surface area is 142 Å². The highest BCUT2D eigenvalue weighted by Gasteiger charge is 2.12. The zero-order valence-corrected chi connectivity index (χ0v) is 13.3. The van der Waals surface area contributed by atoms with E-state index in [-0.39, 0.29) is 5.76 Å². The fraction of sp³-hybridized carbons (Fsp3) is 0.0526. The molecule has 126 valence electrons. The fourth-order valence-corrected chi connectivity index (χ4v) is 2.28. The van der Waals surface area contributed by atoms with Crippen molar-refractivity contribution in [3.63, 3.8) is 0 Å². The van der Waals surface area contributed by atoms with Crippen molar-refractivity contribution < 1.29 is 23.1 Å². The summed E-state index contributed by atoms with van der Waals surface area (Å²) in [6, 6.07) is 12.6. The van der Waals surface area contributed by atoms with E-state index in [9.17, 15) is 14.0 Å². The number of carbonyl (C=O) groups is 2. The van der Waals surface area contributed by atoms with Crippen LogP contribution in [0.4, 0.5) is 10.1 Å². The minimum atomic E-state index is -0.574. The second-order valence-electron chi connectivity index (χ2n) is 5.20. The third-order valence-electron chi connectivity index (χ3n) is 3.49. The smallest absolute Gasteiger partial charge is 0.373 e. The highest BCUT2D eigenvalue weighted by molar-refractivity contribution is 6.03. The number of furan rings is 1. The molecule has 0 saturated heterocycles. The van der Waals surface area contributed by atoms with Gasteiger partial charge in [0, 0.05) is 22.7 Å². The van der Waals surface area contributed by atoms with E-state index in [0.717, 1.165) is 0 Å². The zero-order chi connectivity index (χ0) is 17.8. The first-order chi connectivity index (χ1) is 12.1. The molecule has 1 amide bonds. The Morgan fingerprint density at radius 2 is 1.96 bits per heavy atom. The molecule has 3 rings (SSSR count). The molecule has 0 atom stereocenters. The lowest BCUT2D eigenvalue weighted by atomic mass is 10.2. The molecule has 0 fully saturated rings. The van der Waals surface area contributed by atoms with Crippen LogP contribution in [0.15, 0.2) is 59.0 Å². The molecule has 0 aliphatic carbocycles. The molecular formula is C19H14FNO4. The Morgan fingerprint density at radius 3 is 2.72 bits per heavy atom. The van der Waals surface area contributed by atoms with E-state index >= 15 is 0 Å². The van der Waals surface area contributed by atoms with Crippen LogP contribution in [0.1, 0.15) is 16.1 Å². The predicted molar refractivity (Wildman–Crippen MR) is 91.6 cm³/mol. The second-order valence-corrected chi connectivity index (χ2v) is 5.20. The summed E-state index contributed by atoms with van der Waals surface area (Å²) in [4.78, 5) is 23.4. The number of halogens is 1. The van der Waals surface area contributed by atoms with Gasteiger partial charge in [-0.3, -0.25) is 4.79 Å². The van der Waals surface area contributed by atoms with Crippen molar-refractivity contribution in [1.82, 2.24) is 0 Å². The minimum Gasteiger partial charge on any atom is -0.463 e. The maximum atomic E-state index is 13.5. The molecule has 0 radical (unpaired) electrons. The van der Waals surface area contributed by atoms with E-state index in [1.54, 1.807) is 36.4 Å². The number of hydrogen-bond acceptors (Lipinski definition) is 4. The van der Waals surface area contributed by atoms with E-state index in [0.29, 0.717) is 22.2 Å². The number of nitrogens with one attached hydrogen (secondary N) is 1. The zero-order valence-electron chi connectivity index (χ0n) is 13.3. The van der Waals surface area contributed by atoms with Gasteiger partial charge >= 0.3 is 5.97 Å². The van der Waals surface area contributed by atoms with Crippen molar-refractivity contribution in [2.45, 2.75) is 0 Å². The van der Waals surface area contributed by atoms with Crippen LogP contribution in [0, 0.1) is 5.82 Å². The van der Waals surface area contributed by atoms with Gasteiger partial charge in [0.15, 0.2) is 0 Å². The van der Waals surface area contributed by atoms with Crippen LogP contribution in [0.3, 0.4) is 0 Å². The lowest BCUT2D eigenvalue weighted by molar-refractivity contribution is -0.111. The second kappa shape index (κ2) is 7.00. The summed E-state index contributed by atoms with van der Waals surface area (Å²) in [5, 5.41) is 3.32. The van der Waals surface area contributed by atoms with Crippen LogP contribution >= 0.6 is 0 Å². The Hall–Kier alpha value is -3.41. The van der Waals surface area contributed by atoms with E-state index in [4.69, 9.17) is 4.42 Å². The molecule has 25 heavy (non-hydrogen) atoms. The maximum absolute atomic E-state index is 13.5. The number of esters is 1. The molecule has 3 aromatic rings. The molecule has 0 aliphatic heterocycles. The summed E-state index contributed by atoms with van der Waals surface area (Å²) in [6.45, 7) is 0. The monoisotopic (exact) mass is 339 g/mol. The number of rotatable bonds is 4. The average Bonchev–Trinajstić information content (AvgIpc) is 3.03. The number of amides is 1. The molecule has 1 heterocycles. The van der Waals surface area contributed by atoms with Crippen LogP contribution < -0.4 is 5.32 Å². The highest BCUT2D eigenvalue weighted by atomic mass is 19.1. The summed E-state index contributed by atoms with van der Waals surface area (Å²) in [5.41, 5.74) is 1.35. The van der Waals surface area contributed by atoms with Gasteiger partial charge in [0.05, 0.1) is 7.11 Å². The Kier molecular flexibility index (Phi) is 4.61. The van der Waals surface area contributed by atoms with Gasteiger partial charge in [0.1, 0.15) is 11.4 Å². The first-order valence-electron chi connectivity index (χ1n) is 7.42. The standard InChI is InChI=1S/C19H14FNO4/c1-24-19(23)17-11-13-10-14(7-8-16(13)25-17)21-18(22)9-6-12-4-2-3-5-15(12)20/h2-11H,1H3,(H,21,22)/b9-6-. The van der Waals surface area contributed by atoms with Gasteiger partial charge < -0.3 is 14.5 Å². The van der Waals surface area contributed by atoms with Crippen molar-refractivity contribution in [1.29, 1.82) is 0 Å². The number of hydrogen-bond donors (Lipinski definition) is 1. The third kappa shape index (κ3) is 3.74. The molecular weight excluding hydrogens is 325 g/mol. The molecule has 0 bridgehead atoms. The van der Waals surface area contributed by atoms with Crippen molar-refractivity contribution in [2.75, 3.05) is 12.4 Å². The molecule has 0 saturated carbocycles. The summed E-state index contributed by atoms with van der Waals surface area (Å²) in [7, 11) is 1.27. The van der Waals surface area contributed by atoms with E-state index in [1.807, 2.05) is 0 Å². The van der Waals surface area contributed by atoms with Crippen LogP contribution in [-0.2, 0) is 9.53 Å². The van der Waals surface area contributed by atoms with Gasteiger partial charge in [-0.25, -0.2) is 9.18 Å². The first kappa shape index (κ1) is 16.4. The van der Waals surface area contributed by atoms with Gasteiger partial charge in [0.25, 0.3) is 0 Å². The molecule has 2 aromatic carbocycles. The van der Waals surface area contributed by atoms with Crippen molar-refractivity contribution in [3.05, 3.63) is 71.7 Å². The van der Waals surface area contributed by atoms with Gasteiger partial charge in [0.2, 0.25) is 11.7 Å². The first-order valence-corrected chi connectivity index (χ1v) is 7.42. The molecule has 5 nitrogen and oxygen atoms in total. The normalized spacial score (nSPS) is 11.0. The quantitative estimate of drug-likeness (QED) is 0.576. The molecule has 0 spiro atoms. The predicted octanol–water partition coefficient (Wildman–Crippen LogP) is 4.01. The number of benzene rings is 2. The SMILES string of the molecule is COC(=O)c1cc2cc(NC(=O)/C=C\c3ccccc3F)ccc2o1. The van der Waals surface area contributed by atoms with Crippen molar-refractivity contribution in [3.8, 4) is 0 Å². The lowest BCUT2D eigenvalue weighted by Gasteiger charge is -2.02. The van der Waals surface area contributed by atoms with E-state index in [2.05, 4.69) is 10.1 Å². The fourth-order valence-electron chi connectivity index (χ4n) is 2.28. The number of anilines is 1. The van der Waals surface area contributed by atoms with Gasteiger partial charge in [-0.05, 0) is 36.4 Å².